The molecular formula is C16H18ClNO. The van der Waals surface area contributed by atoms with Crippen LogP contribution >= 0.6 is 11.6 Å². The lowest BCUT2D eigenvalue weighted by Gasteiger charge is -2.19. The number of carbonyl (C=O) groups is 1. The third-order valence-electron chi connectivity index (χ3n) is 3.58. The summed E-state index contributed by atoms with van der Waals surface area (Å²) in [6, 6.07) is 12.4. The van der Waals surface area contributed by atoms with E-state index in [1.54, 1.807) is 0 Å². The number of rotatable bonds is 4. The average molecular weight is 276 g/mol. The number of carbonyl (C=O) groups excluding carboxylic acids is 1. The minimum Gasteiger partial charge on any atom is -0.341 e. The SMILES string of the molecule is Cc1cc(C(=O)CCl)c(C)n1[C@H](C)c1ccccc1. The molecule has 0 aliphatic carbocycles. The highest BCUT2D eigenvalue weighted by atomic mass is 35.5. The maximum Gasteiger partial charge on any atom is 0.179 e. The van der Waals surface area contributed by atoms with E-state index in [1.807, 2.05) is 38.1 Å². The molecule has 0 unspecified atom stereocenters. The van der Waals surface area contributed by atoms with Crippen LogP contribution in [-0.4, -0.2) is 16.2 Å². The van der Waals surface area contributed by atoms with Crippen molar-refractivity contribution in [2.45, 2.75) is 26.8 Å². The lowest BCUT2D eigenvalue weighted by atomic mass is 10.1. The van der Waals surface area contributed by atoms with Crippen molar-refractivity contribution in [1.82, 2.24) is 4.57 Å². The lowest BCUT2D eigenvalue weighted by Crippen LogP contribution is -2.11. The van der Waals surface area contributed by atoms with Crippen LogP contribution in [0.25, 0.3) is 0 Å². The summed E-state index contributed by atoms with van der Waals surface area (Å²) >= 11 is 5.66. The maximum atomic E-state index is 11.8. The number of halogens is 1. The molecule has 0 aliphatic heterocycles. The van der Waals surface area contributed by atoms with Crippen molar-refractivity contribution in [1.29, 1.82) is 0 Å². The van der Waals surface area contributed by atoms with Gasteiger partial charge in [-0.25, -0.2) is 0 Å². The summed E-state index contributed by atoms with van der Waals surface area (Å²) in [6.45, 7) is 6.15. The van der Waals surface area contributed by atoms with Gasteiger partial charge in [0, 0.05) is 17.0 Å². The number of Topliss-reactive ketones (excluding diaryl/α,β-unsaturated/α-hetero) is 1. The summed E-state index contributed by atoms with van der Waals surface area (Å²) in [6.07, 6.45) is 0. The maximum absolute atomic E-state index is 11.8. The van der Waals surface area contributed by atoms with Gasteiger partial charge in [-0.2, -0.15) is 0 Å². The van der Waals surface area contributed by atoms with E-state index in [9.17, 15) is 4.79 Å². The zero-order chi connectivity index (χ0) is 14.0. The number of aryl methyl sites for hydroxylation is 1. The Kier molecular flexibility index (Phi) is 4.11. The van der Waals surface area contributed by atoms with Gasteiger partial charge in [0.1, 0.15) is 0 Å². The van der Waals surface area contributed by atoms with Crippen LogP contribution in [0.5, 0.6) is 0 Å². The van der Waals surface area contributed by atoms with E-state index in [1.165, 1.54) is 5.56 Å². The second-order valence-electron chi connectivity index (χ2n) is 4.80. The Balaban J connectivity index is 2.46. The molecule has 1 heterocycles. The van der Waals surface area contributed by atoms with Gasteiger partial charge in [-0.3, -0.25) is 4.79 Å². The molecule has 0 amide bonds. The summed E-state index contributed by atoms with van der Waals surface area (Å²) in [4.78, 5) is 11.8. The molecule has 1 aromatic heterocycles. The number of ketones is 1. The van der Waals surface area contributed by atoms with Crippen LogP contribution in [0.4, 0.5) is 0 Å². The Morgan fingerprint density at radius 3 is 2.47 bits per heavy atom. The van der Waals surface area contributed by atoms with Crippen LogP contribution in [0, 0.1) is 13.8 Å². The number of aromatic nitrogens is 1. The number of benzene rings is 1. The van der Waals surface area contributed by atoms with Crippen molar-refractivity contribution in [3.63, 3.8) is 0 Å². The van der Waals surface area contributed by atoms with E-state index in [2.05, 4.69) is 23.6 Å². The monoisotopic (exact) mass is 275 g/mol. The molecule has 100 valence electrons. The summed E-state index contributed by atoms with van der Waals surface area (Å²) < 4.78 is 2.19. The minimum atomic E-state index is -0.0127. The van der Waals surface area contributed by atoms with Gasteiger partial charge in [-0.15, -0.1) is 11.6 Å². The largest absolute Gasteiger partial charge is 0.341 e. The van der Waals surface area contributed by atoms with Crippen LogP contribution < -0.4 is 0 Å². The lowest BCUT2D eigenvalue weighted by molar-refractivity contribution is 0.102. The summed E-state index contributed by atoms with van der Waals surface area (Å²) in [5.41, 5.74) is 4.03. The van der Waals surface area contributed by atoms with Crippen molar-refractivity contribution in [3.05, 3.63) is 58.9 Å². The predicted octanol–water partition coefficient (Wildman–Crippen LogP) is 4.14. The smallest absolute Gasteiger partial charge is 0.179 e. The highest BCUT2D eigenvalue weighted by Gasteiger charge is 2.18. The molecule has 0 aliphatic rings. The van der Waals surface area contributed by atoms with Gasteiger partial charge in [0.05, 0.1) is 11.9 Å². The molecule has 2 rings (SSSR count). The van der Waals surface area contributed by atoms with E-state index < -0.39 is 0 Å². The van der Waals surface area contributed by atoms with Crippen molar-refractivity contribution in [3.8, 4) is 0 Å². The molecule has 0 fully saturated rings. The zero-order valence-corrected chi connectivity index (χ0v) is 12.2. The molecule has 0 N–H and O–H groups in total. The van der Waals surface area contributed by atoms with Crippen LogP contribution in [0.3, 0.4) is 0 Å². The second kappa shape index (κ2) is 5.62. The molecule has 2 nitrogen and oxygen atoms in total. The van der Waals surface area contributed by atoms with E-state index in [4.69, 9.17) is 11.6 Å². The molecule has 0 radical (unpaired) electrons. The topological polar surface area (TPSA) is 22.0 Å². The second-order valence-corrected chi connectivity index (χ2v) is 5.07. The Hall–Kier alpha value is -1.54. The first-order chi connectivity index (χ1) is 9.06. The number of hydrogen-bond donors (Lipinski definition) is 0. The molecule has 0 saturated carbocycles. The van der Waals surface area contributed by atoms with Crippen LogP contribution in [0.2, 0.25) is 0 Å². The summed E-state index contributed by atoms with van der Waals surface area (Å²) in [5, 5.41) is 0. The summed E-state index contributed by atoms with van der Waals surface area (Å²) in [5.74, 6) is 0.0191. The standard InChI is InChI=1S/C16H18ClNO/c1-11-9-15(16(19)10-17)13(3)18(11)12(2)14-7-5-4-6-8-14/h4-9,12H,10H2,1-3H3/t12-/m1/s1. The quantitative estimate of drug-likeness (QED) is 0.607. The first-order valence-electron chi connectivity index (χ1n) is 6.38. The third kappa shape index (κ3) is 2.59. The van der Waals surface area contributed by atoms with E-state index >= 15 is 0 Å². The molecule has 1 aromatic carbocycles. The Bertz CT molecular complexity index is 586. The molecule has 2 aromatic rings. The minimum absolute atomic E-state index is 0.0127. The number of hydrogen-bond acceptors (Lipinski definition) is 1. The molecular weight excluding hydrogens is 258 g/mol. The number of alkyl halides is 1. The first kappa shape index (κ1) is 13.9. The summed E-state index contributed by atoms with van der Waals surface area (Å²) in [7, 11) is 0. The van der Waals surface area contributed by atoms with Gasteiger partial charge in [0.2, 0.25) is 0 Å². The molecule has 0 spiro atoms. The fraction of sp³-hybridized carbons (Fsp3) is 0.312. The van der Waals surface area contributed by atoms with Gasteiger partial charge in [-0.05, 0) is 32.4 Å². The normalized spacial score (nSPS) is 12.4. The van der Waals surface area contributed by atoms with Crippen LogP contribution in [-0.2, 0) is 0 Å². The Morgan fingerprint density at radius 2 is 1.89 bits per heavy atom. The molecule has 0 bridgehead atoms. The molecule has 0 saturated heterocycles. The first-order valence-corrected chi connectivity index (χ1v) is 6.92. The van der Waals surface area contributed by atoms with Gasteiger partial charge in [0.25, 0.3) is 0 Å². The van der Waals surface area contributed by atoms with Crippen molar-refractivity contribution >= 4 is 17.4 Å². The van der Waals surface area contributed by atoms with E-state index in [0.29, 0.717) is 0 Å². The highest BCUT2D eigenvalue weighted by Crippen LogP contribution is 2.25. The van der Waals surface area contributed by atoms with Gasteiger partial charge < -0.3 is 4.57 Å². The Labute approximate surface area is 119 Å². The van der Waals surface area contributed by atoms with Gasteiger partial charge in [-0.1, -0.05) is 30.3 Å². The number of nitrogens with zero attached hydrogens (tertiary/aromatic N) is 1. The van der Waals surface area contributed by atoms with Crippen LogP contribution in [0.15, 0.2) is 36.4 Å². The molecule has 19 heavy (non-hydrogen) atoms. The van der Waals surface area contributed by atoms with E-state index in [-0.39, 0.29) is 17.7 Å². The fourth-order valence-corrected chi connectivity index (χ4v) is 2.75. The van der Waals surface area contributed by atoms with Gasteiger partial charge >= 0.3 is 0 Å². The molecule has 1 atom stereocenters. The highest BCUT2D eigenvalue weighted by molar-refractivity contribution is 6.30. The van der Waals surface area contributed by atoms with Gasteiger partial charge in [0.15, 0.2) is 5.78 Å². The zero-order valence-electron chi connectivity index (χ0n) is 11.5. The predicted molar refractivity (Wildman–Crippen MR) is 79.2 cm³/mol. The van der Waals surface area contributed by atoms with Crippen LogP contribution in [0.1, 0.15) is 40.3 Å². The average Bonchev–Trinajstić information content (AvgIpc) is 2.73. The van der Waals surface area contributed by atoms with Crippen molar-refractivity contribution in [2.75, 3.05) is 5.88 Å². The fourth-order valence-electron chi connectivity index (χ4n) is 2.61. The Morgan fingerprint density at radius 1 is 1.26 bits per heavy atom. The molecule has 3 heteroatoms. The third-order valence-corrected chi connectivity index (χ3v) is 3.82. The van der Waals surface area contributed by atoms with Crippen molar-refractivity contribution in [2.24, 2.45) is 0 Å². The van der Waals surface area contributed by atoms with Crippen molar-refractivity contribution < 1.29 is 4.79 Å². The van der Waals surface area contributed by atoms with E-state index in [0.717, 1.165) is 17.0 Å².